The van der Waals surface area contributed by atoms with Gasteiger partial charge in [-0.3, -0.25) is 4.79 Å². The summed E-state index contributed by atoms with van der Waals surface area (Å²) in [6.07, 6.45) is 1.39. The Morgan fingerprint density at radius 2 is 1.75 bits per heavy atom. The van der Waals surface area contributed by atoms with Gasteiger partial charge in [0, 0.05) is 17.8 Å². The lowest BCUT2D eigenvalue weighted by Gasteiger charge is -2.09. The first-order valence-electron chi connectivity index (χ1n) is 5.74. The molecule has 0 unspecified atom stereocenters. The molecular formula is C14H13ClN2O3. The van der Waals surface area contributed by atoms with E-state index in [1.165, 1.54) is 26.5 Å². The molecule has 0 bridgehead atoms. The summed E-state index contributed by atoms with van der Waals surface area (Å²) >= 11 is 5.85. The molecule has 2 aromatic rings. The average molecular weight is 293 g/mol. The number of halogens is 1. The van der Waals surface area contributed by atoms with Crippen LogP contribution in [0.15, 0.2) is 30.5 Å². The topological polar surface area (TPSA) is 74.4 Å². The SMILES string of the molecule is COc1cc(OC)cc(C(=O)c2cc(Cl)cnc2N)c1. The molecule has 0 saturated heterocycles. The lowest BCUT2D eigenvalue weighted by atomic mass is 10.0. The maximum Gasteiger partial charge on any atom is 0.197 e. The van der Waals surface area contributed by atoms with Crippen LogP contribution in [-0.4, -0.2) is 25.0 Å². The Bertz CT molecular complexity index is 637. The number of carbonyl (C=O) groups is 1. The fourth-order valence-corrected chi connectivity index (χ4v) is 1.88. The molecule has 0 spiro atoms. The maximum absolute atomic E-state index is 12.5. The van der Waals surface area contributed by atoms with Crippen LogP contribution in [0.1, 0.15) is 15.9 Å². The van der Waals surface area contributed by atoms with Crippen molar-refractivity contribution in [2.45, 2.75) is 0 Å². The van der Waals surface area contributed by atoms with Crippen molar-refractivity contribution in [3.63, 3.8) is 0 Å². The van der Waals surface area contributed by atoms with Gasteiger partial charge < -0.3 is 15.2 Å². The second-order valence-corrected chi connectivity index (χ2v) is 4.45. The summed E-state index contributed by atoms with van der Waals surface area (Å²) < 4.78 is 10.3. The zero-order valence-electron chi connectivity index (χ0n) is 11.0. The molecule has 5 nitrogen and oxygen atoms in total. The van der Waals surface area contributed by atoms with Crippen LogP contribution in [-0.2, 0) is 0 Å². The van der Waals surface area contributed by atoms with Gasteiger partial charge >= 0.3 is 0 Å². The Hall–Kier alpha value is -2.27. The van der Waals surface area contributed by atoms with E-state index in [0.29, 0.717) is 22.1 Å². The molecule has 2 N–H and O–H groups in total. The van der Waals surface area contributed by atoms with E-state index in [-0.39, 0.29) is 17.2 Å². The lowest BCUT2D eigenvalue weighted by Crippen LogP contribution is -2.07. The summed E-state index contributed by atoms with van der Waals surface area (Å²) in [4.78, 5) is 16.3. The number of hydrogen-bond acceptors (Lipinski definition) is 5. The number of rotatable bonds is 4. The molecule has 0 fully saturated rings. The summed E-state index contributed by atoms with van der Waals surface area (Å²) in [6.45, 7) is 0. The van der Waals surface area contributed by atoms with Crippen LogP contribution in [0.4, 0.5) is 5.82 Å². The van der Waals surface area contributed by atoms with E-state index in [1.54, 1.807) is 18.2 Å². The van der Waals surface area contributed by atoms with Crippen LogP contribution >= 0.6 is 11.6 Å². The summed E-state index contributed by atoms with van der Waals surface area (Å²) in [7, 11) is 3.02. The van der Waals surface area contributed by atoms with Crippen molar-refractivity contribution in [2.75, 3.05) is 20.0 Å². The maximum atomic E-state index is 12.5. The van der Waals surface area contributed by atoms with E-state index >= 15 is 0 Å². The van der Waals surface area contributed by atoms with Gasteiger partial charge in [0.1, 0.15) is 17.3 Å². The van der Waals surface area contributed by atoms with Gasteiger partial charge in [-0.05, 0) is 18.2 Å². The number of hydrogen-bond donors (Lipinski definition) is 1. The Labute approximate surface area is 121 Å². The Balaban J connectivity index is 2.50. The molecule has 20 heavy (non-hydrogen) atoms. The number of methoxy groups -OCH3 is 2. The molecule has 0 amide bonds. The third-order valence-corrected chi connectivity index (χ3v) is 2.95. The van der Waals surface area contributed by atoms with Crippen molar-refractivity contribution in [3.05, 3.63) is 46.6 Å². The highest BCUT2D eigenvalue weighted by Gasteiger charge is 2.16. The standard InChI is InChI=1S/C14H13ClN2O3/c1-19-10-3-8(4-11(6-10)20-2)13(18)12-5-9(15)7-17-14(12)16/h3-7H,1-2H3,(H2,16,17). The number of anilines is 1. The number of aromatic nitrogens is 1. The molecule has 6 heteroatoms. The first kappa shape index (κ1) is 14.1. The molecule has 0 atom stereocenters. The number of benzene rings is 1. The normalized spacial score (nSPS) is 10.2. The Morgan fingerprint density at radius 3 is 2.30 bits per heavy atom. The molecule has 0 radical (unpaired) electrons. The number of carbonyl (C=O) groups excluding carboxylic acids is 1. The third kappa shape index (κ3) is 2.83. The van der Waals surface area contributed by atoms with Gasteiger partial charge in [0.2, 0.25) is 0 Å². The number of nitrogen functional groups attached to an aromatic ring is 1. The molecule has 1 aromatic heterocycles. The zero-order chi connectivity index (χ0) is 14.7. The van der Waals surface area contributed by atoms with Crippen LogP contribution in [0.2, 0.25) is 5.02 Å². The summed E-state index contributed by atoms with van der Waals surface area (Å²) in [5.41, 5.74) is 6.35. The number of nitrogens with zero attached hydrogens (tertiary/aromatic N) is 1. The highest BCUT2D eigenvalue weighted by atomic mass is 35.5. The van der Waals surface area contributed by atoms with Gasteiger partial charge in [0.25, 0.3) is 0 Å². The minimum atomic E-state index is -0.297. The molecule has 0 aliphatic carbocycles. The van der Waals surface area contributed by atoms with E-state index in [9.17, 15) is 4.79 Å². The largest absolute Gasteiger partial charge is 0.497 e. The minimum absolute atomic E-state index is 0.126. The smallest absolute Gasteiger partial charge is 0.197 e. The van der Waals surface area contributed by atoms with Crippen molar-refractivity contribution >= 4 is 23.2 Å². The highest BCUT2D eigenvalue weighted by Crippen LogP contribution is 2.26. The Kier molecular flexibility index (Phi) is 4.10. The van der Waals surface area contributed by atoms with E-state index < -0.39 is 0 Å². The Morgan fingerprint density at radius 1 is 1.15 bits per heavy atom. The predicted molar refractivity (Wildman–Crippen MR) is 76.6 cm³/mol. The molecule has 0 aliphatic heterocycles. The zero-order valence-corrected chi connectivity index (χ0v) is 11.8. The minimum Gasteiger partial charge on any atom is -0.497 e. The molecule has 104 valence electrons. The van der Waals surface area contributed by atoms with Crippen molar-refractivity contribution in [2.24, 2.45) is 0 Å². The second kappa shape index (κ2) is 5.79. The van der Waals surface area contributed by atoms with Gasteiger partial charge in [-0.1, -0.05) is 11.6 Å². The fraction of sp³-hybridized carbons (Fsp3) is 0.143. The van der Waals surface area contributed by atoms with E-state index in [1.807, 2.05) is 0 Å². The van der Waals surface area contributed by atoms with Crippen molar-refractivity contribution in [1.82, 2.24) is 4.98 Å². The first-order valence-corrected chi connectivity index (χ1v) is 6.11. The molecular weight excluding hydrogens is 280 g/mol. The number of ketones is 1. The van der Waals surface area contributed by atoms with Gasteiger partial charge in [-0.15, -0.1) is 0 Å². The van der Waals surface area contributed by atoms with Gasteiger partial charge in [0.05, 0.1) is 24.8 Å². The molecule has 0 aliphatic rings. The summed E-state index contributed by atoms with van der Waals surface area (Å²) in [5.74, 6) is 0.860. The predicted octanol–water partition coefficient (Wildman–Crippen LogP) is 2.57. The van der Waals surface area contributed by atoms with E-state index in [2.05, 4.69) is 4.98 Å². The third-order valence-electron chi connectivity index (χ3n) is 2.74. The monoisotopic (exact) mass is 292 g/mol. The number of ether oxygens (including phenoxy) is 2. The fourth-order valence-electron chi connectivity index (χ4n) is 1.73. The molecule has 1 aromatic carbocycles. The van der Waals surface area contributed by atoms with Crippen molar-refractivity contribution < 1.29 is 14.3 Å². The molecule has 0 saturated carbocycles. The van der Waals surface area contributed by atoms with E-state index in [4.69, 9.17) is 26.8 Å². The number of pyridine rings is 1. The van der Waals surface area contributed by atoms with Crippen molar-refractivity contribution in [3.8, 4) is 11.5 Å². The van der Waals surface area contributed by atoms with Crippen LogP contribution in [0, 0.1) is 0 Å². The quantitative estimate of drug-likeness (QED) is 0.877. The highest BCUT2D eigenvalue weighted by molar-refractivity contribution is 6.31. The van der Waals surface area contributed by atoms with Crippen molar-refractivity contribution in [1.29, 1.82) is 0 Å². The van der Waals surface area contributed by atoms with E-state index in [0.717, 1.165) is 0 Å². The molecule has 2 rings (SSSR count). The summed E-state index contributed by atoms with van der Waals surface area (Å²) in [5, 5.41) is 0.345. The average Bonchev–Trinajstić information content (AvgIpc) is 2.48. The van der Waals surface area contributed by atoms with Crippen LogP contribution in [0.25, 0.3) is 0 Å². The molecule has 1 heterocycles. The van der Waals surface area contributed by atoms with Crippen LogP contribution in [0.3, 0.4) is 0 Å². The van der Waals surface area contributed by atoms with Gasteiger partial charge in [-0.25, -0.2) is 4.98 Å². The second-order valence-electron chi connectivity index (χ2n) is 4.02. The van der Waals surface area contributed by atoms with Crippen LogP contribution < -0.4 is 15.2 Å². The summed E-state index contributed by atoms with van der Waals surface area (Å²) in [6, 6.07) is 6.37. The van der Waals surface area contributed by atoms with Gasteiger partial charge in [-0.2, -0.15) is 0 Å². The first-order chi connectivity index (χ1) is 9.55. The lowest BCUT2D eigenvalue weighted by molar-refractivity contribution is 0.103. The number of nitrogens with two attached hydrogens (primary N) is 1. The van der Waals surface area contributed by atoms with Gasteiger partial charge in [0.15, 0.2) is 5.78 Å². The van der Waals surface area contributed by atoms with Crippen LogP contribution in [0.5, 0.6) is 11.5 Å².